The van der Waals surface area contributed by atoms with E-state index in [1.165, 1.54) is 0 Å². The number of thiophene rings is 1. The number of aryl methyl sites for hydroxylation is 1. The summed E-state index contributed by atoms with van der Waals surface area (Å²) in [5.74, 6) is -0.361. The number of hydrogen-bond donors (Lipinski definition) is 1. The zero-order valence-corrected chi connectivity index (χ0v) is 15.8. The third kappa shape index (κ3) is 3.17. The van der Waals surface area contributed by atoms with E-state index in [-0.39, 0.29) is 24.3 Å². The van der Waals surface area contributed by atoms with Gasteiger partial charge in [-0.1, -0.05) is 19.8 Å². The largest absolute Gasteiger partial charge is 0.339 e. The summed E-state index contributed by atoms with van der Waals surface area (Å²) < 4.78 is 0. The fraction of sp³-hybridized carbons (Fsp3) is 0.611. The molecule has 0 unspecified atom stereocenters. The number of urea groups is 1. The van der Waals surface area contributed by atoms with E-state index in [2.05, 4.69) is 5.32 Å². The van der Waals surface area contributed by atoms with Gasteiger partial charge in [0.25, 0.3) is 5.91 Å². The third-order valence-electron chi connectivity index (χ3n) is 5.57. The van der Waals surface area contributed by atoms with Gasteiger partial charge in [-0.25, -0.2) is 4.79 Å². The number of rotatable bonds is 4. The SMILES string of the molecule is Cc1ccsc1CN(C)C(=O)CN1C(=O)N[C@]2(CCCC[C@@H]2C)C1=O. The summed E-state index contributed by atoms with van der Waals surface area (Å²) in [7, 11) is 1.71. The van der Waals surface area contributed by atoms with Gasteiger partial charge in [-0.05, 0) is 42.7 Å². The molecule has 3 rings (SSSR count). The Labute approximate surface area is 152 Å². The van der Waals surface area contributed by atoms with Crippen LogP contribution in [0.2, 0.25) is 0 Å². The molecule has 1 aliphatic heterocycles. The molecule has 25 heavy (non-hydrogen) atoms. The molecule has 136 valence electrons. The van der Waals surface area contributed by atoms with Gasteiger partial charge in [0.1, 0.15) is 12.1 Å². The van der Waals surface area contributed by atoms with Crippen LogP contribution in [0.1, 0.15) is 43.0 Å². The highest BCUT2D eigenvalue weighted by Gasteiger charge is 2.55. The highest BCUT2D eigenvalue weighted by molar-refractivity contribution is 7.10. The Balaban J connectivity index is 1.67. The van der Waals surface area contributed by atoms with Crippen LogP contribution in [0.25, 0.3) is 0 Å². The lowest BCUT2D eigenvalue weighted by Crippen LogP contribution is -2.54. The van der Waals surface area contributed by atoms with Crippen LogP contribution in [0, 0.1) is 12.8 Å². The highest BCUT2D eigenvalue weighted by Crippen LogP contribution is 2.38. The first-order valence-electron chi connectivity index (χ1n) is 8.76. The van der Waals surface area contributed by atoms with Crippen molar-refractivity contribution in [2.45, 2.75) is 51.6 Å². The third-order valence-corrected chi connectivity index (χ3v) is 6.58. The topological polar surface area (TPSA) is 69.7 Å². The van der Waals surface area contributed by atoms with E-state index in [9.17, 15) is 14.4 Å². The maximum absolute atomic E-state index is 12.9. The highest BCUT2D eigenvalue weighted by atomic mass is 32.1. The van der Waals surface area contributed by atoms with Crippen LogP contribution in [0.5, 0.6) is 0 Å². The van der Waals surface area contributed by atoms with Gasteiger partial charge >= 0.3 is 6.03 Å². The molecule has 1 saturated heterocycles. The Bertz CT molecular complexity index is 701. The van der Waals surface area contributed by atoms with Gasteiger partial charge in [0.05, 0.1) is 6.54 Å². The second kappa shape index (κ2) is 6.78. The average Bonchev–Trinajstić information content (AvgIpc) is 3.07. The van der Waals surface area contributed by atoms with Crippen molar-refractivity contribution in [3.8, 4) is 0 Å². The Morgan fingerprint density at radius 2 is 2.20 bits per heavy atom. The summed E-state index contributed by atoms with van der Waals surface area (Å²) in [6.45, 7) is 4.32. The van der Waals surface area contributed by atoms with Gasteiger partial charge in [-0.2, -0.15) is 0 Å². The molecule has 0 bridgehead atoms. The van der Waals surface area contributed by atoms with Gasteiger partial charge in [0, 0.05) is 11.9 Å². The number of imide groups is 1. The number of carbonyl (C=O) groups is 3. The van der Waals surface area contributed by atoms with Gasteiger partial charge in [-0.3, -0.25) is 14.5 Å². The first kappa shape index (κ1) is 17.9. The van der Waals surface area contributed by atoms with E-state index in [1.54, 1.807) is 23.3 Å². The van der Waals surface area contributed by atoms with Crippen LogP contribution >= 0.6 is 11.3 Å². The van der Waals surface area contributed by atoms with E-state index in [4.69, 9.17) is 0 Å². The minimum Gasteiger partial charge on any atom is -0.339 e. The quantitative estimate of drug-likeness (QED) is 0.836. The smallest absolute Gasteiger partial charge is 0.325 e. The average molecular weight is 363 g/mol. The van der Waals surface area contributed by atoms with Crippen LogP contribution in [0.4, 0.5) is 4.79 Å². The molecule has 0 radical (unpaired) electrons. The Kier molecular flexibility index (Phi) is 4.86. The molecule has 2 heterocycles. The Morgan fingerprint density at radius 1 is 1.44 bits per heavy atom. The first-order chi connectivity index (χ1) is 11.8. The molecule has 1 saturated carbocycles. The van der Waals surface area contributed by atoms with E-state index < -0.39 is 11.6 Å². The Hall–Kier alpha value is -1.89. The van der Waals surface area contributed by atoms with Crippen molar-refractivity contribution in [3.05, 3.63) is 21.9 Å². The molecule has 1 aromatic rings. The molecule has 2 fully saturated rings. The molecule has 2 aliphatic rings. The predicted octanol–water partition coefficient (Wildman–Crippen LogP) is 2.52. The summed E-state index contributed by atoms with van der Waals surface area (Å²) >= 11 is 1.60. The summed E-state index contributed by atoms with van der Waals surface area (Å²) in [5, 5.41) is 4.88. The van der Waals surface area contributed by atoms with Crippen LogP contribution in [0.15, 0.2) is 11.4 Å². The predicted molar refractivity (Wildman–Crippen MR) is 96.1 cm³/mol. The molecule has 1 N–H and O–H groups in total. The van der Waals surface area contributed by atoms with Crippen molar-refractivity contribution in [2.24, 2.45) is 5.92 Å². The molecule has 6 nitrogen and oxygen atoms in total. The molecule has 2 atom stereocenters. The molecule has 0 aromatic carbocycles. The minimum absolute atomic E-state index is 0.101. The molecular formula is C18H25N3O3S. The van der Waals surface area contributed by atoms with Crippen molar-refractivity contribution in [3.63, 3.8) is 0 Å². The van der Waals surface area contributed by atoms with Gasteiger partial charge in [0.2, 0.25) is 5.91 Å². The van der Waals surface area contributed by atoms with Gasteiger partial charge in [-0.15, -0.1) is 11.3 Å². The molecule has 1 aliphatic carbocycles. The molecule has 7 heteroatoms. The maximum atomic E-state index is 12.9. The van der Waals surface area contributed by atoms with Crippen molar-refractivity contribution < 1.29 is 14.4 Å². The number of likely N-dealkylation sites (N-methyl/N-ethyl adjacent to an activating group) is 1. The van der Waals surface area contributed by atoms with Crippen LogP contribution < -0.4 is 5.32 Å². The molecule has 1 spiro atoms. The molecule has 4 amide bonds. The standard InChI is InChI=1S/C18H25N3O3S/c1-12-7-9-25-14(12)10-20(3)15(22)11-21-16(23)18(19-17(21)24)8-5-4-6-13(18)2/h7,9,13H,4-6,8,10-11H2,1-3H3,(H,19,24)/t13-,18-/m0/s1. The number of hydrogen-bond acceptors (Lipinski definition) is 4. The van der Waals surface area contributed by atoms with Gasteiger partial charge < -0.3 is 10.2 Å². The second-order valence-corrected chi connectivity index (χ2v) is 8.22. The fourth-order valence-corrected chi connectivity index (χ4v) is 4.72. The van der Waals surface area contributed by atoms with E-state index >= 15 is 0 Å². The lowest BCUT2D eigenvalue weighted by molar-refractivity contribution is -0.140. The van der Waals surface area contributed by atoms with Crippen molar-refractivity contribution >= 4 is 29.2 Å². The first-order valence-corrected chi connectivity index (χ1v) is 9.64. The van der Waals surface area contributed by atoms with E-state index in [1.807, 2.05) is 25.3 Å². The normalized spacial score (nSPS) is 26.2. The number of nitrogens with one attached hydrogen (secondary N) is 1. The lowest BCUT2D eigenvalue weighted by Gasteiger charge is -2.36. The summed E-state index contributed by atoms with van der Waals surface area (Å²) in [5.41, 5.74) is 0.341. The number of amides is 4. The second-order valence-electron chi connectivity index (χ2n) is 7.22. The van der Waals surface area contributed by atoms with Crippen LogP contribution in [-0.2, 0) is 16.1 Å². The lowest BCUT2D eigenvalue weighted by atomic mass is 9.73. The maximum Gasteiger partial charge on any atom is 0.325 e. The fourth-order valence-electron chi connectivity index (χ4n) is 3.76. The number of carbonyl (C=O) groups excluding carboxylic acids is 3. The zero-order chi connectivity index (χ0) is 18.2. The Morgan fingerprint density at radius 3 is 2.84 bits per heavy atom. The monoisotopic (exact) mass is 363 g/mol. The molecule has 1 aromatic heterocycles. The van der Waals surface area contributed by atoms with Crippen molar-refractivity contribution in [1.82, 2.24) is 15.1 Å². The number of nitrogens with zero attached hydrogens (tertiary/aromatic N) is 2. The van der Waals surface area contributed by atoms with E-state index in [0.717, 1.165) is 34.6 Å². The molecular weight excluding hydrogens is 338 g/mol. The van der Waals surface area contributed by atoms with Gasteiger partial charge in [0.15, 0.2) is 0 Å². The summed E-state index contributed by atoms with van der Waals surface area (Å²) in [6, 6.07) is 1.58. The van der Waals surface area contributed by atoms with Crippen LogP contribution in [-0.4, -0.2) is 46.8 Å². The van der Waals surface area contributed by atoms with Crippen molar-refractivity contribution in [2.75, 3.05) is 13.6 Å². The minimum atomic E-state index is -0.807. The summed E-state index contributed by atoms with van der Waals surface area (Å²) in [6.07, 6.45) is 3.59. The van der Waals surface area contributed by atoms with Crippen molar-refractivity contribution in [1.29, 1.82) is 0 Å². The van der Waals surface area contributed by atoms with E-state index in [0.29, 0.717) is 13.0 Å². The summed E-state index contributed by atoms with van der Waals surface area (Å²) in [4.78, 5) is 41.6. The zero-order valence-electron chi connectivity index (χ0n) is 15.0. The van der Waals surface area contributed by atoms with Crippen LogP contribution in [0.3, 0.4) is 0 Å².